The number of aliphatic hydroxyl groups excluding tert-OH is 1. The van der Waals surface area contributed by atoms with E-state index in [1.54, 1.807) is 6.08 Å². The topological polar surface area (TPSA) is 108 Å². The number of likely N-dealkylation sites (N-methyl/N-ethyl adjacent to an activating group) is 1. The molecule has 0 fully saturated rings. The van der Waals surface area contributed by atoms with Crippen molar-refractivity contribution >= 4 is 13.7 Å². The maximum Gasteiger partial charge on any atom is 0.268 e. The van der Waals surface area contributed by atoms with Gasteiger partial charge in [0.15, 0.2) is 0 Å². The number of hydrogen-bond acceptors (Lipinski definition) is 6. The average molecular weight is 939 g/mol. The van der Waals surface area contributed by atoms with E-state index in [2.05, 4.69) is 31.3 Å². The molecule has 0 spiro atoms. The van der Waals surface area contributed by atoms with E-state index in [9.17, 15) is 19.4 Å². The Balaban J connectivity index is 4.21. The number of rotatable bonds is 52. The third kappa shape index (κ3) is 50.7. The number of hydrogen-bond donors (Lipinski definition) is 2. The molecule has 0 heterocycles. The minimum absolute atomic E-state index is 0.000268. The SMILES string of the molecule is CCCCCCCCC/C=C\CCCCCCCCCC(=O)NC(COP(=O)([O-])OCC[N+](C)(C)C)C(O)/C=C/CCCCCCCCCCCCCCCCCCCCCCCCC. The van der Waals surface area contributed by atoms with Crippen LogP contribution in [0.3, 0.4) is 0 Å². The van der Waals surface area contributed by atoms with Crippen molar-refractivity contribution in [1.29, 1.82) is 0 Å². The van der Waals surface area contributed by atoms with Gasteiger partial charge in [-0.25, -0.2) is 0 Å². The molecule has 3 unspecified atom stereocenters. The van der Waals surface area contributed by atoms with Gasteiger partial charge in [0.05, 0.1) is 39.9 Å². The van der Waals surface area contributed by atoms with Crippen molar-refractivity contribution in [2.24, 2.45) is 0 Å². The number of unbranched alkanes of at least 4 members (excludes halogenated alkanes) is 37. The summed E-state index contributed by atoms with van der Waals surface area (Å²) in [5.74, 6) is -0.198. The Kier molecular flexibility index (Phi) is 47.3. The predicted molar refractivity (Wildman–Crippen MR) is 279 cm³/mol. The van der Waals surface area contributed by atoms with Crippen molar-refractivity contribution < 1.29 is 32.9 Å². The number of phosphoric ester groups is 1. The summed E-state index contributed by atoms with van der Waals surface area (Å²) < 4.78 is 23.3. The summed E-state index contributed by atoms with van der Waals surface area (Å²) in [6.07, 6.45) is 59.6. The van der Waals surface area contributed by atoms with Gasteiger partial charge in [0.2, 0.25) is 5.91 Å². The van der Waals surface area contributed by atoms with Gasteiger partial charge < -0.3 is 28.8 Å². The molecule has 1 amide bonds. The van der Waals surface area contributed by atoms with Crippen molar-refractivity contribution in [2.45, 2.75) is 289 Å². The number of nitrogens with one attached hydrogen (secondary N) is 1. The average Bonchev–Trinajstić information content (AvgIpc) is 3.26. The highest BCUT2D eigenvalue weighted by molar-refractivity contribution is 7.45. The van der Waals surface area contributed by atoms with Crippen molar-refractivity contribution in [1.82, 2.24) is 5.32 Å². The first-order valence-corrected chi connectivity index (χ1v) is 29.7. The van der Waals surface area contributed by atoms with Gasteiger partial charge >= 0.3 is 0 Å². The molecule has 0 rings (SSSR count). The largest absolute Gasteiger partial charge is 0.756 e. The molecule has 0 aromatic rings. The first-order valence-electron chi connectivity index (χ1n) is 28.2. The van der Waals surface area contributed by atoms with Gasteiger partial charge in [-0.2, -0.15) is 0 Å². The van der Waals surface area contributed by atoms with Crippen LogP contribution in [-0.4, -0.2) is 68.5 Å². The number of carbonyl (C=O) groups excluding carboxylic acids is 1. The summed E-state index contributed by atoms with van der Waals surface area (Å²) in [4.78, 5) is 25.5. The molecular formula is C56H111N2O6P. The third-order valence-corrected chi connectivity index (χ3v) is 13.9. The van der Waals surface area contributed by atoms with Crippen LogP contribution in [0.4, 0.5) is 0 Å². The Morgan fingerprint density at radius 1 is 0.523 bits per heavy atom. The van der Waals surface area contributed by atoms with E-state index >= 15 is 0 Å². The number of nitrogens with zero attached hydrogens (tertiary/aromatic N) is 1. The lowest BCUT2D eigenvalue weighted by atomic mass is 10.0. The summed E-state index contributed by atoms with van der Waals surface area (Å²) in [5, 5.41) is 13.9. The van der Waals surface area contributed by atoms with Crippen LogP contribution in [0.1, 0.15) is 277 Å². The molecular weight excluding hydrogens is 828 g/mol. The molecule has 386 valence electrons. The molecule has 0 aliphatic carbocycles. The van der Waals surface area contributed by atoms with Gasteiger partial charge in [-0.1, -0.05) is 250 Å². The third-order valence-electron chi connectivity index (χ3n) is 12.9. The van der Waals surface area contributed by atoms with Crippen LogP contribution >= 0.6 is 7.82 Å². The lowest BCUT2D eigenvalue weighted by Crippen LogP contribution is -2.45. The molecule has 0 saturated heterocycles. The standard InChI is InChI=1S/C56H111N2O6P/c1-6-8-10-12-14-16-18-20-22-24-26-27-28-29-30-31-32-33-35-37-39-41-43-45-47-49-55(59)54(53-64-65(61,62)63-52-51-58(3,4)5)57-56(60)50-48-46-44-42-40-38-36-34-25-23-21-19-17-15-13-11-9-7-2/h23,25,47,49,54-55,59H,6-22,24,26-46,48,50-53H2,1-5H3,(H-,57,60,61,62)/b25-23-,49-47+. The molecule has 0 aliphatic rings. The molecule has 0 aliphatic heterocycles. The minimum Gasteiger partial charge on any atom is -0.756 e. The number of amides is 1. The molecule has 3 atom stereocenters. The Morgan fingerprint density at radius 2 is 0.846 bits per heavy atom. The maximum atomic E-state index is 12.9. The fourth-order valence-electron chi connectivity index (χ4n) is 8.44. The first kappa shape index (κ1) is 64.0. The highest BCUT2D eigenvalue weighted by atomic mass is 31.2. The molecule has 65 heavy (non-hydrogen) atoms. The van der Waals surface area contributed by atoms with Gasteiger partial charge in [-0.3, -0.25) is 9.36 Å². The number of phosphoric acid groups is 1. The van der Waals surface area contributed by atoms with Gasteiger partial charge in [-0.05, 0) is 44.9 Å². The summed E-state index contributed by atoms with van der Waals surface area (Å²) in [5.41, 5.74) is 0. The Hall–Kier alpha value is -1.02. The predicted octanol–water partition coefficient (Wildman–Crippen LogP) is 16.2. The summed E-state index contributed by atoms with van der Waals surface area (Å²) in [6.45, 7) is 4.68. The fourth-order valence-corrected chi connectivity index (χ4v) is 9.17. The van der Waals surface area contributed by atoms with Crippen LogP contribution in [0.5, 0.6) is 0 Å². The quantitative estimate of drug-likeness (QED) is 0.0272. The minimum atomic E-state index is -4.59. The second-order valence-corrected chi connectivity index (χ2v) is 22.1. The lowest BCUT2D eigenvalue weighted by Gasteiger charge is -2.29. The van der Waals surface area contributed by atoms with E-state index in [-0.39, 0.29) is 19.1 Å². The van der Waals surface area contributed by atoms with Crippen molar-refractivity contribution in [3.63, 3.8) is 0 Å². The van der Waals surface area contributed by atoms with Crippen LogP contribution in [0.25, 0.3) is 0 Å². The number of quaternary nitrogens is 1. The van der Waals surface area contributed by atoms with E-state index in [0.717, 1.165) is 38.5 Å². The molecule has 8 nitrogen and oxygen atoms in total. The van der Waals surface area contributed by atoms with Crippen molar-refractivity contribution in [2.75, 3.05) is 40.9 Å². The summed E-state index contributed by atoms with van der Waals surface area (Å²) >= 11 is 0. The smallest absolute Gasteiger partial charge is 0.268 e. The molecule has 0 saturated carbocycles. The Morgan fingerprint density at radius 3 is 1.20 bits per heavy atom. The monoisotopic (exact) mass is 939 g/mol. The van der Waals surface area contributed by atoms with E-state index in [0.29, 0.717) is 17.4 Å². The number of allylic oxidation sites excluding steroid dienone is 3. The van der Waals surface area contributed by atoms with Gasteiger partial charge in [0.25, 0.3) is 7.82 Å². The van der Waals surface area contributed by atoms with Gasteiger partial charge in [0, 0.05) is 6.42 Å². The maximum absolute atomic E-state index is 12.9. The van der Waals surface area contributed by atoms with E-state index in [4.69, 9.17) is 9.05 Å². The van der Waals surface area contributed by atoms with Crippen molar-refractivity contribution in [3.05, 3.63) is 24.3 Å². The van der Waals surface area contributed by atoms with Crippen LogP contribution in [-0.2, 0) is 18.4 Å². The van der Waals surface area contributed by atoms with Gasteiger partial charge in [0.1, 0.15) is 13.2 Å². The van der Waals surface area contributed by atoms with Crippen LogP contribution < -0.4 is 10.2 Å². The second kappa shape index (κ2) is 48.0. The second-order valence-electron chi connectivity index (χ2n) is 20.6. The van der Waals surface area contributed by atoms with E-state index in [1.165, 1.54) is 218 Å². The molecule has 0 aromatic heterocycles. The zero-order chi connectivity index (χ0) is 47.8. The summed E-state index contributed by atoms with van der Waals surface area (Å²) in [6, 6.07) is -0.887. The molecule has 2 N–H and O–H groups in total. The van der Waals surface area contributed by atoms with Crippen LogP contribution in [0, 0.1) is 0 Å². The van der Waals surface area contributed by atoms with Crippen molar-refractivity contribution in [3.8, 4) is 0 Å². The summed E-state index contributed by atoms with van der Waals surface area (Å²) in [7, 11) is 1.27. The Labute approximate surface area is 404 Å². The zero-order valence-corrected chi connectivity index (χ0v) is 44.9. The molecule has 9 heteroatoms. The van der Waals surface area contributed by atoms with Gasteiger partial charge in [-0.15, -0.1) is 0 Å². The molecule has 0 bridgehead atoms. The van der Waals surface area contributed by atoms with Crippen LogP contribution in [0.2, 0.25) is 0 Å². The molecule has 0 aromatic carbocycles. The van der Waals surface area contributed by atoms with E-state index in [1.807, 2.05) is 27.2 Å². The molecule has 0 radical (unpaired) electrons. The fraction of sp³-hybridized carbons (Fsp3) is 0.911. The zero-order valence-electron chi connectivity index (χ0n) is 44.0. The lowest BCUT2D eigenvalue weighted by molar-refractivity contribution is -0.870. The highest BCUT2D eigenvalue weighted by Gasteiger charge is 2.23. The normalized spacial score (nSPS) is 14.1. The first-order chi connectivity index (χ1) is 31.5. The number of carbonyl (C=O) groups is 1. The Bertz CT molecular complexity index is 1110. The number of aliphatic hydroxyl groups is 1. The highest BCUT2D eigenvalue weighted by Crippen LogP contribution is 2.38. The van der Waals surface area contributed by atoms with E-state index < -0.39 is 20.0 Å². The van der Waals surface area contributed by atoms with Crippen LogP contribution in [0.15, 0.2) is 24.3 Å².